The van der Waals surface area contributed by atoms with Gasteiger partial charge in [-0.1, -0.05) is 12.5 Å². The van der Waals surface area contributed by atoms with Crippen LogP contribution in [0.1, 0.15) is 34.6 Å². The average Bonchev–Trinajstić information content (AvgIpc) is 3.20. The van der Waals surface area contributed by atoms with E-state index in [2.05, 4.69) is 40.0 Å². The number of unbranched alkanes of at least 4 members (excludes halogenated alkanes) is 1. The molecule has 0 aromatic carbocycles. The predicted octanol–water partition coefficient (Wildman–Crippen LogP) is 5.03. The van der Waals surface area contributed by atoms with Gasteiger partial charge in [-0.3, -0.25) is 0 Å². The maximum atomic E-state index is 5.25. The topological polar surface area (TPSA) is 47.0 Å². The molecule has 25 heavy (non-hydrogen) atoms. The molecule has 1 fully saturated rings. The number of nitrogens with zero attached hydrogens (tertiary/aromatic N) is 2. The number of aryl methyl sites for hydroxylation is 2. The molecule has 0 spiro atoms. The van der Waals surface area contributed by atoms with Crippen LogP contribution in [0.25, 0.3) is 10.2 Å². The number of fused-ring (bicyclic) bond motifs is 1. The second-order valence-electron chi connectivity index (χ2n) is 6.67. The van der Waals surface area contributed by atoms with Crippen LogP contribution in [0.2, 0.25) is 0 Å². The fourth-order valence-electron chi connectivity index (χ4n) is 3.19. The molecule has 0 saturated carbocycles. The van der Waals surface area contributed by atoms with E-state index in [0.717, 1.165) is 43.3 Å². The number of rotatable bonds is 8. The summed E-state index contributed by atoms with van der Waals surface area (Å²) in [6.07, 6.45) is 6.83. The Morgan fingerprint density at radius 3 is 3.00 bits per heavy atom. The van der Waals surface area contributed by atoms with E-state index in [-0.39, 0.29) is 0 Å². The van der Waals surface area contributed by atoms with Gasteiger partial charge in [0, 0.05) is 22.2 Å². The third-order valence-corrected chi connectivity index (χ3v) is 7.06. The maximum Gasteiger partial charge on any atom is 0.109 e. The van der Waals surface area contributed by atoms with Crippen molar-refractivity contribution in [1.29, 1.82) is 0 Å². The van der Waals surface area contributed by atoms with Gasteiger partial charge in [-0.05, 0) is 43.2 Å². The molecule has 1 aliphatic rings. The molecular formula is C19H23N3OS2. The smallest absolute Gasteiger partial charge is 0.109 e. The molecule has 3 aromatic rings. The number of aromatic nitrogens is 2. The highest BCUT2D eigenvalue weighted by atomic mass is 32.1. The van der Waals surface area contributed by atoms with Crippen LogP contribution in [-0.4, -0.2) is 23.4 Å². The largest absolute Gasteiger partial charge is 0.381 e. The lowest BCUT2D eigenvalue weighted by atomic mass is 9.99. The van der Waals surface area contributed by atoms with Crippen molar-refractivity contribution >= 4 is 38.6 Å². The van der Waals surface area contributed by atoms with Crippen LogP contribution in [-0.2, 0) is 17.7 Å². The first-order chi connectivity index (χ1) is 12.3. The SMILES string of the molecule is Cc1c(CCCCC2COC2)sc2c(NCc3cccs3)cnnc12. The first kappa shape index (κ1) is 16.9. The summed E-state index contributed by atoms with van der Waals surface area (Å²) >= 11 is 3.65. The summed E-state index contributed by atoms with van der Waals surface area (Å²) < 4.78 is 6.49. The third kappa shape index (κ3) is 3.86. The highest BCUT2D eigenvalue weighted by Gasteiger charge is 2.18. The standard InChI is InChI=1S/C19H23N3OS2/c1-13-17(7-3-2-5-14-11-23-12-14)25-19-16(10-21-22-18(13)19)20-9-15-6-4-8-24-15/h4,6,8,10,14H,2-3,5,7,9,11-12H2,1H3,(H,20,22). The van der Waals surface area contributed by atoms with E-state index in [1.807, 2.05) is 17.5 Å². The van der Waals surface area contributed by atoms with E-state index in [1.165, 1.54) is 39.3 Å². The Labute approximate surface area is 156 Å². The van der Waals surface area contributed by atoms with E-state index in [4.69, 9.17) is 4.74 Å². The molecule has 0 atom stereocenters. The molecule has 0 bridgehead atoms. The maximum absolute atomic E-state index is 5.25. The summed E-state index contributed by atoms with van der Waals surface area (Å²) in [6.45, 7) is 4.97. The Morgan fingerprint density at radius 1 is 1.32 bits per heavy atom. The zero-order valence-corrected chi connectivity index (χ0v) is 16.1. The van der Waals surface area contributed by atoms with Gasteiger partial charge in [0.25, 0.3) is 0 Å². The van der Waals surface area contributed by atoms with E-state index in [9.17, 15) is 0 Å². The molecule has 1 saturated heterocycles. The second-order valence-corrected chi connectivity index (χ2v) is 8.81. The van der Waals surface area contributed by atoms with Crippen LogP contribution >= 0.6 is 22.7 Å². The molecule has 4 heterocycles. The van der Waals surface area contributed by atoms with Gasteiger partial charge in [0.15, 0.2) is 0 Å². The van der Waals surface area contributed by atoms with Gasteiger partial charge < -0.3 is 10.1 Å². The Hall–Kier alpha value is -1.50. The van der Waals surface area contributed by atoms with Crippen molar-refractivity contribution in [2.24, 2.45) is 5.92 Å². The molecule has 0 unspecified atom stereocenters. The van der Waals surface area contributed by atoms with Crippen molar-refractivity contribution in [3.8, 4) is 0 Å². The number of thiophene rings is 2. The normalized spacial score (nSPS) is 14.8. The Balaban J connectivity index is 1.43. The van der Waals surface area contributed by atoms with Crippen molar-refractivity contribution in [3.05, 3.63) is 39.0 Å². The quantitative estimate of drug-likeness (QED) is 0.562. The summed E-state index contributed by atoms with van der Waals surface area (Å²) in [7, 11) is 0. The highest BCUT2D eigenvalue weighted by molar-refractivity contribution is 7.19. The Bertz CT molecular complexity index is 825. The van der Waals surface area contributed by atoms with Crippen molar-refractivity contribution < 1.29 is 4.74 Å². The van der Waals surface area contributed by atoms with E-state index < -0.39 is 0 Å². The molecule has 1 aliphatic heterocycles. The third-order valence-electron chi connectivity index (χ3n) is 4.81. The monoisotopic (exact) mass is 373 g/mol. The average molecular weight is 374 g/mol. The minimum absolute atomic E-state index is 0.808. The number of hydrogen-bond acceptors (Lipinski definition) is 6. The Kier molecular flexibility index (Phi) is 5.29. The van der Waals surface area contributed by atoms with Crippen molar-refractivity contribution in [3.63, 3.8) is 0 Å². The molecule has 0 radical (unpaired) electrons. The number of anilines is 1. The lowest BCUT2D eigenvalue weighted by Gasteiger charge is -2.25. The lowest BCUT2D eigenvalue weighted by Crippen LogP contribution is -2.27. The molecule has 132 valence electrons. The van der Waals surface area contributed by atoms with E-state index >= 15 is 0 Å². The first-order valence-electron chi connectivity index (χ1n) is 8.89. The molecule has 0 aliphatic carbocycles. The van der Waals surface area contributed by atoms with Gasteiger partial charge >= 0.3 is 0 Å². The number of nitrogens with one attached hydrogen (secondary N) is 1. The molecule has 6 heteroatoms. The van der Waals surface area contributed by atoms with Gasteiger partial charge in [-0.25, -0.2) is 0 Å². The lowest BCUT2D eigenvalue weighted by molar-refractivity contribution is -0.0363. The zero-order valence-electron chi connectivity index (χ0n) is 14.5. The molecular weight excluding hydrogens is 350 g/mol. The van der Waals surface area contributed by atoms with Gasteiger partial charge in [-0.2, -0.15) is 5.10 Å². The summed E-state index contributed by atoms with van der Waals surface area (Å²) in [5.41, 5.74) is 3.46. The molecule has 0 amide bonds. The number of ether oxygens (including phenoxy) is 1. The second kappa shape index (κ2) is 7.81. The molecule has 4 rings (SSSR count). The minimum atomic E-state index is 0.808. The Morgan fingerprint density at radius 2 is 2.24 bits per heavy atom. The fraction of sp³-hybridized carbons (Fsp3) is 0.474. The van der Waals surface area contributed by atoms with E-state index in [1.54, 1.807) is 11.3 Å². The summed E-state index contributed by atoms with van der Waals surface area (Å²) in [4.78, 5) is 2.79. The van der Waals surface area contributed by atoms with Crippen molar-refractivity contribution in [1.82, 2.24) is 10.2 Å². The van der Waals surface area contributed by atoms with E-state index in [0.29, 0.717) is 0 Å². The minimum Gasteiger partial charge on any atom is -0.381 e. The zero-order chi connectivity index (χ0) is 17.1. The highest BCUT2D eigenvalue weighted by Crippen LogP contribution is 2.35. The van der Waals surface area contributed by atoms with Gasteiger partial charge in [0.1, 0.15) is 5.52 Å². The summed E-state index contributed by atoms with van der Waals surface area (Å²) in [5.74, 6) is 0.808. The van der Waals surface area contributed by atoms with Gasteiger partial charge in [-0.15, -0.1) is 27.8 Å². The van der Waals surface area contributed by atoms with Crippen LogP contribution in [0.15, 0.2) is 23.7 Å². The molecule has 3 aromatic heterocycles. The van der Waals surface area contributed by atoms with Gasteiger partial charge in [0.2, 0.25) is 0 Å². The van der Waals surface area contributed by atoms with Crippen LogP contribution in [0.4, 0.5) is 5.69 Å². The predicted molar refractivity (Wildman–Crippen MR) is 106 cm³/mol. The summed E-state index contributed by atoms with van der Waals surface area (Å²) in [5, 5.41) is 14.2. The van der Waals surface area contributed by atoms with Gasteiger partial charge in [0.05, 0.1) is 29.8 Å². The van der Waals surface area contributed by atoms with Crippen molar-refractivity contribution in [2.75, 3.05) is 18.5 Å². The summed E-state index contributed by atoms with van der Waals surface area (Å²) in [6, 6.07) is 4.24. The molecule has 1 N–H and O–H groups in total. The first-order valence-corrected chi connectivity index (χ1v) is 10.6. The van der Waals surface area contributed by atoms with Crippen LogP contribution in [0, 0.1) is 12.8 Å². The fourth-order valence-corrected chi connectivity index (χ4v) is 5.10. The van der Waals surface area contributed by atoms with Crippen LogP contribution in [0.3, 0.4) is 0 Å². The van der Waals surface area contributed by atoms with Crippen molar-refractivity contribution in [2.45, 2.75) is 39.2 Å². The molecule has 4 nitrogen and oxygen atoms in total. The number of hydrogen-bond donors (Lipinski definition) is 1. The van der Waals surface area contributed by atoms with Crippen LogP contribution in [0.5, 0.6) is 0 Å². The van der Waals surface area contributed by atoms with Crippen LogP contribution < -0.4 is 5.32 Å².